The van der Waals surface area contributed by atoms with E-state index in [4.69, 9.17) is 11.6 Å². The normalized spacial score (nSPS) is 15.2. The van der Waals surface area contributed by atoms with Crippen LogP contribution in [0.5, 0.6) is 0 Å². The highest BCUT2D eigenvalue weighted by Crippen LogP contribution is 2.28. The molecule has 0 saturated carbocycles. The number of hydrogen-bond donors (Lipinski definition) is 0. The largest absolute Gasteiger partial charge is 0.282 e. The van der Waals surface area contributed by atoms with Gasteiger partial charge in [-0.25, -0.2) is 4.99 Å². The number of halogens is 2. The molecule has 5 heteroatoms. The van der Waals surface area contributed by atoms with Crippen molar-refractivity contribution in [1.82, 2.24) is 0 Å². The van der Waals surface area contributed by atoms with Crippen LogP contribution in [0.2, 0.25) is 5.02 Å². The lowest BCUT2D eigenvalue weighted by Gasteiger charge is -2.18. The van der Waals surface area contributed by atoms with Gasteiger partial charge < -0.3 is 0 Å². The molecule has 28 heavy (non-hydrogen) atoms. The zero-order chi connectivity index (χ0) is 19.7. The quantitative estimate of drug-likeness (QED) is 0.433. The molecule has 1 amide bonds. The van der Waals surface area contributed by atoms with Crippen LogP contribution in [0.3, 0.4) is 0 Å². The first-order valence-electron chi connectivity index (χ1n) is 8.74. The maximum absolute atomic E-state index is 13.2. The number of benzene rings is 3. The van der Waals surface area contributed by atoms with Crippen molar-refractivity contribution in [1.29, 1.82) is 0 Å². The van der Waals surface area contributed by atoms with Crippen molar-refractivity contribution in [3.63, 3.8) is 0 Å². The van der Waals surface area contributed by atoms with Crippen LogP contribution >= 0.6 is 27.5 Å². The Hall–Kier alpha value is -2.69. The minimum atomic E-state index is -0.156. The Morgan fingerprint density at radius 2 is 1.57 bits per heavy atom. The summed E-state index contributed by atoms with van der Waals surface area (Å²) >= 11 is 9.46. The van der Waals surface area contributed by atoms with Gasteiger partial charge in [0.15, 0.2) is 0 Å². The number of carbonyl (C=O) groups excluding carboxylic acids is 1. The van der Waals surface area contributed by atoms with Crippen LogP contribution < -0.4 is 4.90 Å². The van der Waals surface area contributed by atoms with E-state index in [2.05, 4.69) is 20.9 Å². The van der Waals surface area contributed by atoms with Gasteiger partial charge >= 0.3 is 0 Å². The highest BCUT2D eigenvalue weighted by molar-refractivity contribution is 9.10. The van der Waals surface area contributed by atoms with Crippen molar-refractivity contribution in [3.05, 3.63) is 105 Å². The minimum absolute atomic E-state index is 0.156. The highest BCUT2D eigenvalue weighted by Gasteiger charge is 2.32. The Labute approximate surface area is 177 Å². The summed E-state index contributed by atoms with van der Waals surface area (Å²) in [7, 11) is 0. The van der Waals surface area contributed by atoms with Crippen LogP contribution in [-0.4, -0.2) is 11.7 Å². The molecular formula is C23H16BrClN2O. The van der Waals surface area contributed by atoms with Crippen molar-refractivity contribution in [2.24, 2.45) is 4.99 Å². The third-order valence-corrected chi connectivity index (χ3v) is 5.21. The van der Waals surface area contributed by atoms with Crippen LogP contribution in [0.25, 0.3) is 6.08 Å². The molecule has 3 aromatic carbocycles. The molecule has 0 atom stereocenters. The lowest BCUT2D eigenvalue weighted by Crippen LogP contribution is -2.32. The predicted octanol–water partition coefficient (Wildman–Crippen LogP) is 6.25. The van der Waals surface area contributed by atoms with Crippen molar-refractivity contribution in [3.8, 4) is 0 Å². The van der Waals surface area contributed by atoms with Gasteiger partial charge in [0.05, 0.1) is 5.69 Å². The Bertz CT molecular complexity index is 1080. The summed E-state index contributed by atoms with van der Waals surface area (Å²) < 4.78 is 0.985. The SMILES string of the molecule is Cc1ccc(N2C(=O)/C(=C\c3ccc(Br)cc3)N=C2c2ccc(Cl)cc2)cc1. The fraction of sp³-hybridized carbons (Fsp3) is 0.0435. The van der Waals surface area contributed by atoms with Crippen LogP contribution in [-0.2, 0) is 4.79 Å². The third kappa shape index (κ3) is 3.79. The molecule has 0 fully saturated rings. The number of carbonyl (C=O) groups is 1. The van der Waals surface area contributed by atoms with E-state index in [-0.39, 0.29) is 5.91 Å². The zero-order valence-corrected chi connectivity index (χ0v) is 17.4. The van der Waals surface area contributed by atoms with E-state index in [1.165, 1.54) is 0 Å². The average Bonchev–Trinajstić information content (AvgIpc) is 3.01. The molecule has 0 unspecified atom stereocenters. The lowest BCUT2D eigenvalue weighted by molar-refractivity contribution is -0.113. The maximum Gasteiger partial charge on any atom is 0.282 e. The summed E-state index contributed by atoms with van der Waals surface area (Å²) in [4.78, 5) is 19.5. The van der Waals surface area contributed by atoms with Gasteiger partial charge in [0, 0.05) is 15.1 Å². The van der Waals surface area contributed by atoms with E-state index >= 15 is 0 Å². The molecule has 1 heterocycles. The van der Waals surface area contributed by atoms with Crippen molar-refractivity contribution >= 4 is 51.0 Å². The van der Waals surface area contributed by atoms with Crippen LogP contribution in [0.1, 0.15) is 16.7 Å². The van der Waals surface area contributed by atoms with Crippen LogP contribution in [0.15, 0.2) is 88.0 Å². The summed E-state index contributed by atoms with van der Waals surface area (Å²) in [6, 6.07) is 22.9. The molecule has 3 nitrogen and oxygen atoms in total. The van der Waals surface area contributed by atoms with E-state index in [1.807, 2.05) is 67.6 Å². The molecule has 0 aromatic heterocycles. The van der Waals surface area contributed by atoms with E-state index in [1.54, 1.807) is 23.1 Å². The standard InChI is InChI=1S/C23H16BrClN2O/c1-15-2-12-20(13-3-15)27-22(17-6-10-19(25)11-7-17)26-21(23(27)28)14-16-4-8-18(24)9-5-16/h2-14H,1H3/b21-14+. The summed E-state index contributed by atoms with van der Waals surface area (Å²) in [6.07, 6.45) is 1.80. The molecule has 138 valence electrons. The minimum Gasteiger partial charge on any atom is -0.266 e. The monoisotopic (exact) mass is 450 g/mol. The Kier molecular flexibility index (Phi) is 5.16. The predicted molar refractivity (Wildman–Crippen MR) is 119 cm³/mol. The second-order valence-corrected chi connectivity index (χ2v) is 7.85. The highest BCUT2D eigenvalue weighted by atomic mass is 79.9. The van der Waals surface area contributed by atoms with E-state index in [0.717, 1.165) is 26.9 Å². The lowest BCUT2D eigenvalue weighted by atomic mass is 10.1. The molecule has 0 bridgehead atoms. The summed E-state index contributed by atoms with van der Waals surface area (Å²) in [5.41, 5.74) is 4.05. The van der Waals surface area contributed by atoms with Gasteiger partial charge in [-0.05, 0) is 67.1 Å². The van der Waals surface area contributed by atoms with Gasteiger partial charge in [-0.2, -0.15) is 0 Å². The molecule has 4 rings (SSSR count). The van der Waals surface area contributed by atoms with E-state index < -0.39 is 0 Å². The number of nitrogens with zero attached hydrogens (tertiary/aromatic N) is 2. The van der Waals surface area contributed by atoms with Gasteiger partial charge in [0.2, 0.25) is 0 Å². The number of hydrogen-bond acceptors (Lipinski definition) is 2. The van der Waals surface area contributed by atoms with Gasteiger partial charge in [0.1, 0.15) is 11.5 Å². The Morgan fingerprint density at radius 3 is 2.21 bits per heavy atom. The number of amides is 1. The second kappa shape index (κ2) is 7.74. The first-order chi connectivity index (χ1) is 13.5. The smallest absolute Gasteiger partial charge is 0.266 e. The van der Waals surface area contributed by atoms with Crippen molar-refractivity contribution in [2.45, 2.75) is 6.92 Å². The van der Waals surface area contributed by atoms with E-state index in [9.17, 15) is 4.79 Å². The molecule has 1 aliphatic rings. The first-order valence-corrected chi connectivity index (χ1v) is 9.91. The van der Waals surface area contributed by atoms with Gasteiger partial charge in [-0.15, -0.1) is 0 Å². The fourth-order valence-corrected chi connectivity index (χ4v) is 3.35. The van der Waals surface area contributed by atoms with Gasteiger partial charge in [0.25, 0.3) is 5.91 Å². The molecule has 1 aliphatic heterocycles. The number of anilines is 1. The topological polar surface area (TPSA) is 32.7 Å². The van der Waals surface area contributed by atoms with Crippen molar-refractivity contribution < 1.29 is 4.79 Å². The molecule has 0 aliphatic carbocycles. The summed E-state index contributed by atoms with van der Waals surface area (Å²) in [6.45, 7) is 2.02. The molecular weight excluding hydrogens is 436 g/mol. The van der Waals surface area contributed by atoms with Crippen molar-refractivity contribution in [2.75, 3.05) is 4.90 Å². The molecule has 0 radical (unpaired) electrons. The Balaban J connectivity index is 1.81. The first kappa shape index (κ1) is 18.7. The molecule has 0 spiro atoms. The van der Waals surface area contributed by atoms with E-state index in [0.29, 0.717) is 16.6 Å². The fourth-order valence-electron chi connectivity index (χ4n) is 2.96. The average molecular weight is 452 g/mol. The molecule has 0 N–H and O–H groups in total. The zero-order valence-electron chi connectivity index (χ0n) is 15.1. The second-order valence-electron chi connectivity index (χ2n) is 6.50. The number of aliphatic imine (C=N–C) groups is 1. The maximum atomic E-state index is 13.2. The number of amidine groups is 1. The van der Waals surface area contributed by atoms with Crippen LogP contribution in [0.4, 0.5) is 5.69 Å². The summed E-state index contributed by atoms with van der Waals surface area (Å²) in [5, 5.41) is 0.640. The van der Waals surface area contributed by atoms with Gasteiger partial charge in [-0.3, -0.25) is 9.69 Å². The Morgan fingerprint density at radius 1 is 0.929 bits per heavy atom. The van der Waals surface area contributed by atoms with Crippen LogP contribution in [0, 0.1) is 6.92 Å². The molecule has 0 saturated heterocycles. The number of aryl methyl sites for hydroxylation is 1. The van der Waals surface area contributed by atoms with Gasteiger partial charge in [-0.1, -0.05) is 57.4 Å². The summed E-state index contributed by atoms with van der Waals surface area (Å²) in [5.74, 6) is 0.436. The molecule has 3 aromatic rings. The third-order valence-electron chi connectivity index (χ3n) is 4.43. The number of rotatable bonds is 3.